The smallest absolute Gasteiger partial charge is 0.467 e. The molecular weight excluding hydrogens is 345 g/mol. The number of rotatable bonds is 6. The van der Waals surface area contributed by atoms with E-state index in [1.54, 1.807) is 0 Å². The fourth-order valence-electron chi connectivity index (χ4n) is 1.71. The normalized spacial score (nSPS) is 10.9. The van der Waals surface area contributed by atoms with Crippen LogP contribution in [0.25, 0.3) is 0 Å². The molecule has 0 saturated heterocycles. The fourth-order valence-corrected chi connectivity index (χ4v) is 1.71. The Hall–Kier alpha value is -3.11. The first-order chi connectivity index (χ1) is 11.8. The molecule has 2 aromatic rings. The van der Waals surface area contributed by atoms with Gasteiger partial charge in [0.15, 0.2) is 5.82 Å². The number of hydrogen-bond acceptors (Lipinski definition) is 7. The number of alkyl halides is 3. The zero-order valence-corrected chi connectivity index (χ0v) is 13.1. The van der Waals surface area contributed by atoms with Gasteiger partial charge in [0.1, 0.15) is 5.75 Å². The van der Waals surface area contributed by atoms with Gasteiger partial charge in [-0.2, -0.15) is 9.97 Å². The zero-order valence-electron chi connectivity index (χ0n) is 13.1. The van der Waals surface area contributed by atoms with Crippen LogP contribution in [0.3, 0.4) is 0 Å². The standard InChI is InChI=1S/C14H13F3N4O4/c1-23-12-19-10(20-13(21-12)24-2)7-18-11(22)8-3-5-9(6-4-8)25-14(15,16)17/h3-6H,7H2,1-2H3,(H,18,22). The molecule has 0 bridgehead atoms. The number of benzene rings is 1. The minimum absolute atomic E-state index is 0.0183. The summed E-state index contributed by atoms with van der Waals surface area (Å²) in [6.45, 7) is -0.0606. The van der Waals surface area contributed by atoms with E-state index in [0.717, 1.165) is 12.1 Å². The molecule has 0 aliphatic rings. The van der Waals surface area contributed by atoms with E-state index in [4.69, 9.17) is 9.47 Å². The second kappa shape index (κ2) is 7.64. The van der Waals surface area contributed by atoms with Crippen LogP contribution in [0.1, 0.15) is 16.2 Å². The third kappa shape index (κ3) is 5.48. The van der Waals surface area contributed by atoms with E-state index >= 15 is 0 Å². The zero-order chi connectivity index (χ0) is 18.4. The molecule has 1 heterocycles. The van der Waals surface area contributed by atoms with Crippen LogP contribution < -0.4 is 19.5 Å². The summed E-state index contributed by atoms with van der Waals surface area (Å²) in [5, 5.41) is 2.52. The van der Waals surface area contributed by atoms with Crippen molar-refractivity contribution in [3.63, 3.8) is 0 Å². The highest BCUT2D eigenvalue weighted by Crippen LogP contribution is 2.22. The van der Waals surface area contributed by atoms with Gasteiger partial charge in [-0.05, 0) is 24.3 Å². The van der Waals surface area contributed by atoms with Crippen LogP contribution in [0.4, 0.5) is 13.2 Å². The summed E-state index contributed by atoms with van der Waals surface area (Å²) in [5.41, 5.74) is 0.141. The van der Waals surface area contributed by atoms with Gasteiger partial charge < -0.3 is 19.5 Å². The van der Waals surface area contributed by atoms with Crippen molar-refractivity contribution in [2.24, 2.45) is 0 Å². The van der Waals surface area contributed by atoms with Crippen molar-refractivity contribution in [2.45, 2.75) is 12.9 Å². The Bertz CT molecular complexity index is 716. The van der Waals surface area contributed by atoms with Crippen molar-refractivity contribution in [1.82, 2.24) is 20.3 Å². The average molecular weight is 358 g/mol. The lowest BCUT2D eigenvalue weighted by Crippen LogP contribution is -2.24. The molecule has 1 aromatic heterocycles. The third-order valence-corrected chi connectivity index (χ3v) is 2.76. The fraction of sp³-hybridized carbons (Fsp3) is 0.286. The van der Waals surface area contributed by atoms with Crippen LogP contribution in [0, 0.1) is 0 Å². The van der Waals surface area contributed by atoms with Crippen molar-refractivity contribution in [3.8, 4) is 17.8 Å². The molecule has 1 N–H and O–H groups in total. The lowest BCUT2D eigenvalue weighted by atomic mass is 10.2. The largest absolute Gasteiger partial charge is 0.573 e. The Morgan fingerprint density at radius 1 is 1.04 bits per heavy atom. The summed E-state index contributed by atoms with van der Waals surface area (Å²) >= 11 is 0. The Balaban J connectivity index is 2.00. The minimum atomic E-state index is -4.79. The molecule has 134 valence electrons. The first kappa shape index (κ1) is 18.2. The van der Waals surface area contributed by atoms with Gasteiger partial charge in [0.25, 0.3) is 5.91 Å². The number of amides is 1. The molecule has 2 rings (SSSR count). The van der Waals surface area contributed by atoms with E-state index < -0.39 is 18.0 Å². The Kier molecular flexibility index (Phi) is 5.57. The summed E-state index contributed by atoms with van der Waals surface area (Å²) in [7, 11) is 2.73. The first-order valence-corrected chi connectivity index (χ1v) is 6.77. The molecule has 0 radical (unpaired) electrons. The van der Waals surface area contributed by atoms with Gasteiger partial charge in [-0.25, -0.2) is 0 Å². The molecule has 1 amide bonds. The highest BCUT2D eigenvalue weighted by molar-refractivity contribution is 5.94. The van der Waals surface area contributed by atoms with Crippen molar-refractivity contribution in [2.75, 3.05) is 14.2 Å². The van der Waals surface area contributed by atoms with Crippen LogP contribution in [0.15, 0.2) is 24.3 Å². The highest BCUT2D eigenvalue weighted by atomic mass is 19.4. The predicted molar refractivity (Wildman–Crippen MR) is 77.2 cm³/mol. The predicted octanol–water partition coefficient (Wildman–Crippen LogP) is 1.72. The number of ether oxygens (including phenoxy) is 3. The molecule has 0 aliphatic carbocycles. The quantitative estimate of drug-likeness (QED) is 0.840. The monoisotopic (exact) mass is 358 g/mol. The molecule has 25 heavy (non-hydrogen) atoms. The van der Waals surface area contributed by atoms with Crippen LogP contribution in [-0.2, 0) is 6.54 Å². The SMILES string of the molecule is COc1nc(CNC(=O)c2ccc(OC(F)(F)F)cc2)nc(OC)n1. The number of methoxy groups -OCH3 is 2. The summed E-state index contributed by atoms with van der Waals surface area (Å²) in [5.74, 6) is -0.762. The summed E-state index contributed by atoms with van der Waals surface area (Å²) in [6.07, 6.45) is -4.79. The lowest BCUT2D eigenvalue weighted by Gasteiger charge is -2.09. The molecule has 0 spiro atoms. The minimum Gasteiger partial charge on any atom is -0.467 e. The lowest BCUT2D eigenvalue weighted by molar-refractivity contribution is -0.274. The molecular formula is C14H13F3N4O4. The van der Waals surface area contributed by atoms with Crippen molar-refractivity contribution in [1.29, 1.82) is 0 Å². The van der Waals surface area contributed by atoms with Gasteiger partial charge in [0, 0.05) is 5.56 Å². The summed E-state index contributed by atoms with van der Waals surface area (Å²) in [6, 6.07) is 4.51. The molecule has 8 nitrogen and oxygen atoms in total. The van der Waals surface area contributed by atoms with Crippen molar-refractivity contribution >= 4 is 5.91 Å². The number of hydrogen-bond donors (Lipinski definition) is 1. The molecule has 0 unspecified atom stereocenters. The second-order valence-corrected chi connectivity index (χ2v) is 4.48. The number of aromatic nitrogens is 3. The summed E-state index contributed by atoms with van der Waals surface area (Å²) in [4.78, 5) is 23.7. The number of nitrogens with one attached hydrogen (secondary N) is 1. The van der Waals surface area contributed by atoms with Gasteiger partial charge in [-0.15, -0.1) is 18.2 Å². The molecule has 0 atom stereocenters. The maximum absolute atomic E-state index is 12.1. The van der Waals surface area contributed by atoms with Crippen molar-refractivity contribution < 1.29 is 32.2 Å². The molecule has 0 saturated carbocycles. The summed E-state index contributed by atoms with van der Waals surface area (Å²) < 4.78 is 49.8. The maximum atomic E-state index is 12.1. The Morgan fingerprint density at radius 3 is 2.08 bits per heavy atom. The Labute approximate surface area is 140 Å². The van der Waals surface area contributed by atoms with E-state index in [-0.39, 0.29) is 30.0 Å². The maximum Gasteiger partial charge on any atom is 0.573 e. The number of halogens is 3. The first-order valence-electron chi connectivity index (χ1n) is 6.77. The van der Waals surface area contributed by atoms with Gasteiger partial charge in [0.2, 0.25) is 0 Å². The van der Waals surface area contributed by atoms with Gasteiger partial charge in [0.05, 0.1) is 20.8 Å². The topological polar surface area (TPSA) is 95.5 Å². The van der Waals surface area contributed by atoms with Crippen LogP contribution >= 0.6 is 0 Å². The van der Waals surface area contributed by atoms with Gasteiger partial charge in [-0.3, -0.25) is 4.79 Å². The highest BCUT2D eigenvalue weighted by Gasteiger charge is 2.31. The number of nitrogens with zero attached hydrogens (tertiary/aromatic N) is 3. The van der Waals surface area contributed by atoms with Gasteiger partial charge >= 0.3 is 18.4 Å². The number of carbonyl (C=O) groups excluding carboxylic acids is 1. The van der Waals surface area contributed by atoms with Crippen molar-refractivity contribution in [3.05, 3.63) is 35.7 Å². The average Bonchev–Trinajstić information content (AvgIpc) is 2.58. The van der Waals surface area contributed by atoms with Gasteiger partial charge in [-0.1, -0.05) is 0 Å². The molecule has 0 fully saturated rings. The van der Waals surface area contributed by atoms with E-state index in [1.165, 1.54) is 26.4 Å². The van der Waals surface area contributed by atoms with E-state index in [1.807, 2.05) is 0 Å². The molecule has 0 aliphatic heterocycles. The van der Waals surface area contributed by atoms with Crippen LogP contribution in [0.5, 0.6) is 17.8 Å². The van der Waals surface area contributed by atoms with Crippen LogP contribution in [-0.4, -0.2) is 41.4 Å². The molecule has 1 aromatic carbocycles. The van der Waals surface area contributed by atoms with E-state index in [0.29, 0.717) is 0 Å². The van der Waals surface area contributed by atoms with E-state index in [9.17, 15) is 18.0 Å². The van der Waals surface area contributed by atoms with E-state index in [2.05, 4.69) is 25.0 Å². The Morgan fingerprint density at radius 2 is 1.60 bits per heavy atom. The van der Waals surface area contributed by atoms with Crippen LogP contribution in [0.2, 0.25) is 0 Å². The molecule has 11 heteroatoms. The number of carbonyl (C=O) groups is 1. The second-order valence-electron chi connectivity index (χ2n) is 4.48. The third-order valence-electron chi connectivity index (χ3n) is 2.76.